The Hall–Kier alpha value is -2.99. The lowest BCUT2D eigenvalue weighted by atomic mass is 10.1. The topological polar surface area (TPSA) is 62.3 Å². The monoisotopic (exact) mass is 365 g/mol. The number of ether oxygens (including phenoxy) is 2. The fourth-order valence-electron chi connectivity index (χ4n) is 3.16. The van der Waals surface area contributed by atoms with E-state index in [1.807, 2.05) is 35.7 Å². The minimum absolute atomic E-state index is 0.552. The molecule has 0 spiro atoms. The second kappa shape index (κ2) is 6.72. The largest absolute Gasteiger partial charge is 0.497 e. The first-order valence-corrected chi connectivity index (χ1v) is 9.07. The predicted molar refractivity (Wildman–Crippen MR) is 106 cm³/mol. The van der Waals surface area contributed by atoms with Crippen molar-refractivity contribution in [2.24, 2.45) is 0 Å². The van der Waals surface area contributed by atoms with Crippen LogP contribution in [-0.2, 0) is 6.54 Å². The molecule has 0 aliphatic carbocycles. The number of nitrogens with zero attached hydrogens (tertiary/aromatic N) is 2. The van der Waals surface area contributed by atoms with Crippen molar-refractivity contribution in [3.8, 4) is 22.8 Å². The van der Waals surface area contributed by atoms with Crippen LogP contribution in [-0.4, -0.2) is 23.8 Å². The van der Waals surface area contributed by atoms with Crippen LogP contribution in [0.25, 0.3) is 22.2 Å². The summed E-state index contributed by atoms with van der Waals surface area (Å²) in [6.45, 7) is 0.743. The van der Waals surface area contributed by atoms with E-state index >= 15 is 0 Å². The number of aromatic nitrogens is 2. The summed E-state index contributed by atoms with van der Waals surface area (Å²) in [5.74, 6) is 1.51. The maximum Gasteiger partial charge on any atom is 0.180 e. The van der Waals surface area contributed by atoms with Gasteiger partial charge in [-0.05, 0) is 5.56 Å². The van der Waals surface area contributed by atoms with Gasteiger partial charge >= 0.3 is 0 Å². The average Bonchev–Trinajstić information content (AvgIpc) is 3.25. The van der Waals surface area contributed by atoms with Gasteiger partial charge < -0.3 is 19.8 Å². The zero-order valence-corrected chi connectivity index (χ0v) is 15.4. The molecular formula is C20H19N3O2S. The Morgan fingerprint density at radius 2 is 1.92 bits per heavy atom. The molecule has 0 saturated heterocycles. The van der Waals surface area contributed by atoms with Crippen LogP contribution in [0.2, 0.25) is 0 Å². The fraction of sp³-hybridized carbons (Fsp3) is 0.150. The van der Waals surface area contributed by atoms with E-state index in [0.29, 0.717) is 5.13 Å². The summed E-state index contributed by atoms with van der Waals surface area (Å²) in [6.07, 6.45) is 2.11. The molecule has 26 heavy (non-hydrogen) atoms. The van der Waals surface area contributed by atoms with Crippen molar-refractivity contribution >= 4 is 27.4 Å². The smallest absolute Gasteiger partial charge is 0.180 e. The molecule has 0 aliphatic rings. The Kier molecular flexibility index (Phi) is 4.26. The van der Waals surface area contributed by atoms with Crippen LogP contribution in [0.3, 0.4) is 0 Å². The zero-order valence-electron chi connectivity index (χ0n) is 14.6. The molecule has 0 fully saturated rings. The van der Waals surface area contributed by atoms with Crippen LogP contribution in [0.5, 0.6) is 11.5 Å². The zero-order chi connectivity index (χ0) is 18.1. The van der Waals surface area contributed by atoms with Crippen molar-refractivity contribution in [3.05, 3.63) is 59.6 Å². The highest BCUT2D eigenvalue weighted by Gasteiger charge is 2.18. The minimum atomic E-state index is 0.552. The first kappa shape index (κ1) is 16.5. The number of hydrogen-bond donors (Lipinski definition) is 1. The van der Waals surface area contributed by atoms with Gasteiger partial charge in [0.15, 0.2) is 5.13 Å². The van der Waals surface area contributed by atoms with E-state index in [0.717, 1.165) is 40.2 Å². The van der Waals surface area contributed by atoms with E-state index in [4.69, 9.17) is 15.2 Å². The van der Waals surface area contributed by atoms with Gasteiger partial charge in [0.1, 0.15) is 11.5 Å². The van der Waals surface area contributed by atoms with E-state index in [-0.39, 0.29) is 0 Å². The lowest BCUT2D eigenvalue weighted by Crippen LogP contribution is -1.98. The average molecular weight is 365 g/mol. The second-order valence-electron chi connectivity index (χ2n) is 5.95. The Balaban J connectivity index is 1.96. The van der Waals surface area contributed by atoms with Crippen LogP contribution >= 0.6 is 11.3 Å². The van der Waals surface area contributed by atoms with E-state index in [9.17, 15) is 0 Å². The second-order valence-corrected chi connectivity index (χ2v) is 6.84. The number of nitrogen functional groups attached to an aromatic ring is 1. The van der Waals surface area contributed by atoms with Gasteiger partial charge in [0.2, 0.25) is 0 Å². The number of nitrogens with two attached hydrogens (primary N) is 1. The SMILES string of the molecule is COc1cc(OC)c2c(-c3csc(N)n3)cn(Cc3ccccc3)c2c1. The van der Waals surface area contributed by atoms with E-state index in [2.05, 4.69) is 27.9 Å². The standard InChI is InChI=1S/C20H19N3O2S/c1-24-14-8-17-19(18(9-14)25-2)15(16-12-26-20(21)22-16)11-23(17)10-13-6-4-3-5-7-13/h3-9,11-12H,10H2,1-2H3,(H2,21,22). The third-order valence-electron chi connectivity index (χ3n) is 4.37. The third kappa shape index (κ3) is 2.88. The van der Waals surface area contributed by atoms with E-state index in [1.54, 1.807) is 14.2 Å². The summed E-state index contributed by atoms with van der Waals surface area (Å²) < 4.78 is 13.3. The molecular weight excluding hydrogens is 346 g/mol. The summed E-state index contributed by atoms with van der Waals surface area (Å²) in [5.41, 5.74) is 9.97. The molecule has 0 aliphatic heterocycles. The molecule has 4 aromatic rings. The normalized spacial score (nSPS) is 11.0. The number of anilines is 1. The highest BCUT2D eigenvalue weighted by Crippen LogP contribution is 2.40. The van der Waals surface area contributed by atoms with Crippen molar-refractivity contribution in [2.75, 3.05) is 20.0 Å². The highest BCUT2D eigenvalue weighted by atomic mass is 32.1. The highest BCUT2D eigenvalue weighted by molar-refractivity contribution is 7.13. The van der Waals surface area contributed by atoms with Gasteiger partial charge in [-0.15, -0.1) is 11.3 Å². The lowest BCUT2D eigenvalue weighted by Gasteiger charge is -2.10. The predicted octanol–water partition coefficient (Wildman–Crippen LogP) is 4.41. The molecule has 2 aromatic carbocycles. The summed E-state index contributed by atoms with van der Waals surface area (Å²) in [6, 6.07) is 14.3. The van der Waals surface area contributed by atoms with Gasteiger partial charge in [0.05, 0.1) is 30.8 Å². The summed E-state index contributed by atoms with van der Waals surface area (Å²) in [7, 11) is 3.33. The van der Waals surface area contributed by atoms with Crippen molar-refractivity contribution in [2.45, 2.75) is 6.54 Å². The van der Waals surface area contributed by atoms with Gasteiger partial charge in [0, 0.05) is 35.8 Å². The Labute approximate surface area is 155 Å². The first-order chi connectivity index (χ1) is 12.7. The minimum Gasteiger partial charge on any atom is -0.497 e. The van der Waals surface area contributed by atoms with Gasteiger partial charge in [-0.25, -0.2) is 4.98 Å². The number of fused-ring (bicyclic) bond motifs is 1. The Morgan fingerprint density at radius 1 is 1.12 bits per heavy atom. The molecule has 132 valence electrons. The molecule has 0 amide bonds. The maximum atomic E-state index is 5.86. The maximum absolute atomic E-state index is 5.86. The van der Waals surface area contributed by atoms with Crippen molar-refractivity contribution in [1.29, 1.82) is 0 Å². The molecule has 5 nitrogen and oxygen atoms in total. The van der Waals surface area contributed by atoms with Crippen LogP contribution in [0.15, 0.2) is 54.0 Å². The van der Waals surface area contributed by atoms with E-state index in [1.165, 1.54) is 16.9 Å². The number of hydrogen-bond acceptors (Lipinski definition) is 5. The van der Waals surface area contributed by atoms with Gasteiger partial charge in [-0.3, -0.25) is 0 Å². The third-order valence-corrected chi connectivity index (χ3v) is 5.04. The Bertz CT molecular complexity index is 1050. The fourth-order valence-corrected chi connectivity index (χ4v) is 3.72. The van der Waals surface area contributed by atoms with Crippen molar-refractivity contribution in [3.63, 3.8) is 0 Å². The van der Waals surface area contributed by atoms with Crippen molar-refractivity contribution < 1.29 is 9.47 Å². The molecule has 2 heterocycles. The first-order valence-electron chi connectivity index (χ1n) is 8.19. The lowest BCUT2D eigenvalue weighted by molar-refractivity contribution is 0.398. The number of thiazole rings is 1. The summed E-state index contributed by atoms with van der Waals surface area (Å²) in [5, 5.41) is 3.53. The number of methoxy groups -OCH3 is 2. The molecule has 0 radical (unpaired) electrons. The molecule has 0 atom stereocenters. The van der Waals surface area contributed by atoms with Crippen LogP contribution < -0.4 is 15.2 Å². The molecule has 0 bridgehead atoms. The molecule has 2 aromatic heterocycles. The van der Waals surface area contributed by atoms with Gasteiger partial charge in [-0.1, -0.05) is 30.3 Å². The molecule has 4 rings (SSSR count). The van der Waals surface area contributed by atoms with Gasteiger partial charge in [0.25, 0.3) is 0 Å². The summed E-state index contributed by atoms with van der Waals surface area (Å²) >= 11 is 1.43. The van der Waals surface area contributed by atoms with Gasteiger partial charge in [-0.2, -0.15) is 0 Å². The molecule has 2 N–H and O–H groups in total. The van der Waals surface area contributed by atoms with Crippen LogP contribution in [0.4, 0.5) is 5.13 Å². The quantitative estimate of drug-likeness (QED) is 0.569. The number of benzene rings is 2. The van der Waals surface area contributed by atoms with Crippen LogP contribution in [0.1, 0.15) is 5.56 Å². The Morgan fingerprint density at radius 3 is 2.58 bits per heavy atom. The molecule has 0 saturated carbocycles. The van der Waals surface area contributed by atoms with Crippen LogP contribution in [0, 0.1) is 0 Å². The molecule has 6 heteroatoms. The summed E-state index contributed by atoms with van der Waals surface area (Å²) in [4.78, 5) is 4.47. The number of rotatable bonds is 5. The van der Waals surface area contributed by atoms with Crippen molar-refractivity contribution in [1.82, 2.24) is 9.55 Å². The molecule has 0 unspecified atom stereocenters. The van der Waals surface area contributed by atoms with E-state index < -0.39 is 0 Å².